The van der Waals surface area contributed by atoms with E-state index < -0.39 is 23.6 Å². The zero-order chi connectivity index (χ0) is 21.6. The van der Waals surface area contributed by atoms with Crippen molar-refractivity contribution in [2.75, 3.05) is 31.1 Å². The van der Waals surface area contributed by atoms with Crippen LogP contribution in [0.4, 0.5) is 19.0 Å². The second-order valence-electron chi connectivity index (χ2n) is 8.07. The van der Waals surface area contributed by atoms with Gasteiger partial charge in [0, 0.05) is 25.8 Å². The highest BCUT2D eigenvalue weighted by Gasteiger charge is 2.37. The highest BCUT2D eigenvalue weighted by Crippen LogP contribution is 2.36. The van der Waals surface area contributed by atoms with Gasteiger partial charge < -0.3 is 15.0 Å². The smallest absolute Gasteiger partial charge is 0.419 e. The molecule has 0 bridgehead atoms. The summed E-state index contributed by atoms with van der Waals surface area (Å²) < 4.78 is 45.0. The van der Waals surface area contributed by atoms with Crippen molar-refractivity contribution in [3.05, 3.63) is 23.9 Å². The van der Waals surface area contributed by atoms with Crippen LogP contribution in [0.3, 0.4) is 0 Å². The summed E-state index contributed by atoms with van der Waals surface area (Å²) in [6.07, 6.45) is 3.64. The van der Waals surface area contributed by atoms with Crippen LogP contribution in [-0.4, -0.2) is 43.1 Å². The molecule has 166 valence electrons. The second-order valence-corrected chi connectivity index (χ2v) is 8.07. The van der Waals surface area contributed by atoms with Gasteiger partial charge >= 0.3 is 12.1 Å². The van der Waals surface area contributed by atoms with Gasteiger partial charge in [0.15, 0.2) is 6.61 Å². The minimum absolute atomic E-state index is 0.0859. The molecule has 2 aliphatic rings. The van der Waals surface area contributed by atoms with E-state index in [-0.39, 0.29) is 24.9 Å². The summed E-state index contributed by atoms with van der Waals surface area (Å²) >= 11 is 0. The SMILES string of the molecule is O=C(COC(=O)C1CCCN(c2ncccc2C(F)(F)F)C1)NCC1CCCCC1. The Hall–Kier alpha value is -2.32. The average Bonchev–Trinajstić information content (AvgIpc) is 2.76. The quantitative estimate of drug-likeness (QED) is 0.703. The van der Waals surface area contributed by atoms with Crippen LogP contribution in [0.5, 0.6) is 0 Å². The van der Waals surface area contributed by atoms with E-state index in [1.54, 1.807) is 0 Å². The van der Waals surface area contributed by atoms with Crippen LogP contribution in [0, 0.1) is 11.8 Å². The molecule has 1 unspecified atom stereocenters. The molecule has 1 saturated heterocycles. The molecule has 30 heavy (non-hydrogen) atoms. The molecule has 1 atom stereocenters. The number of anilines is 1. The van der Waals surface area contributed by atoms with Gasteiger partial charge in [-0.2, -0.15) is 13.2 Å². The number of ether oxygens (including phenoxy) is 1. The summed E-state index contributed by atoms with van der Waals surface area (Å²) in [6.45, 7) is 0.696. The number of nitrogens with zero attached hydrogens (tertiary/aromatic N) is 2. The molecule has 9 heteroatoms. The van der Waals surface area contributed by atoms with Crippen molar-refractivity contribution in [1.29, 1.82) is 0 Å². The highest BCUT2D eigenvalue weighted by molar-refractivity contribution is 5.81. The number of carbonyl (C=O) groups excluding carboxylic acids is 2. The Labute approximate surface area is 174 Å². The van der Waals surface area contributed by atoms with Gasteiger partial charge in [-0.3, -0.25) is 9.59 Å². The number of aromatic nitrogens is 1. The molecule has 1 aliphatic carbocycles. The molecular weight excluding hydrogens is 399 g/mol. The molecule has 0 aromatic carbocycles. The van der Waals surface area contributed by atoms with Crippen molar-refractivity contribution in [3.8, 4) is 0 Å². The van der Waals surface area contributed by atoms with Gasteiger partial charge in [0.1, 0.15) is 5.82 Å². The number of piperidine rings is 1. The Bertz CT molecular complexity index is 736. The van der Waals surface area contributed by atoms with E-state index in [9.17, 15) is 22.8 Å². The van der Waals surface area contributed by atoms with Crippen molar-refractivity contribution in [1.82, 2.24) is 10.3 Å². The van der Waals surface area contributed by atoms with E-state index in [2.05, 4.69) is 10.3 Å². The number of nitrogens with one attached hydrogen (secondary N) is 1. The maximum Gasteiger partial charge on any atom is 0.419 e. The molecule has 6 nitrogen and oxygen atoms in total. The number of hydrogen-bond acceptors (Lipinski definition) is 5. The Balaban J connectivity index is 1.49. The number of pyridine rings is 1. The van der Waals surface area contributed by atoms with Crippen LogP contribution < -0.4 is 10.2 Å². The van der Waals surface area contributed by atoms with E-state index in [0.717, 1.165) is 18.9 Å². The van der Waals surface area contributed by atoms with Gasteiger partial charge in [-0.05, 0) is 43.7 Å². The molecular formula is C21H28F3N3O3. The Morgan fingerprint density at radius 3 is 2.67 bits per heavy atom. The van der Waals surface area contributed by atoms with Crippen molar-refractivity contribution < 1.29 is 27.5 Å². The van der Waals surface area contributed by atoms with Crippen molar-refractivity contribution in [2.24, 2.45) is 11.8 Å². The summed E-state index contributed by atoms with van der Waals surface area (Å²) in [6, 6.07) is 2.23. The molecule has 3 rings (SSSR count). The molecule has 1 saturated carbocycles. The Kier molecular flexibility index (Phi) is 7.55. The molecule has 0 radical (unpaired) electrons. The number of alkyl halides is 3. The second kappa shape index (κ2) is 10.1. The predicted molar refractivity (Wildman–Crippen MR) is 105 cm³/mol. The minimum atomic E-state index is -4.52. The van der Waals surface area contributed by atoms with E-state index in [1.807, 2.05) is 0 Å². The first-order valence-corrected chi connectivity index (χ1v) is 10.5. The predicted octanol–water partition coefficient (Wildman–Crippen LogP) is 3.56. The number of rotatable bonds is 6. The average molecular weight is 427 g/mol. The molecule has 1 aromatic heterocycles. The summed E-state index contributed by atoms with van der Waals surface area (Å²) in [4.78, 5) is 29.7. The van der Waals surface area contributed by atoms with Gasteiger partial charge in [-0.25, -0.2) is 4.98 Å². The maximum absolute atomic E-state index is 13.3. The van der Waals surface area contributed by atoms with E-state index in [4.69, 9.17) is 4.74 Å². The molecule has 0 spiro atoms. The third kappa shape index (κ3) is 6.09. The fraction of sp³-hybridized carbons (Fsp3) is 0.667. The molecule has 1 N–H and O–H groups in total. The van der Waals surface area contributed by atoms with Crippen molar-refractivity contribution in [3.63, 3.8) is 0 Å². The zero-order valence-electron chi connectivity index (χ0n) is 16.9. The summed E-state index contributed by atoms with van der Waals surface area (Å²) in [5.41, 5.74) is -0.818. The van der Waals surface area contributed by atoms with Crippen LogP contribution in [0.2, 0.25) is 0 Å². The van der Waals surface area contributed by atoms with Gasteiger partial charge in [-0.1, -0.05) is 19.3 Å². The normalized spacial score (nSPS) is 20.6. The first-order valence-electron chi connectivity index (χ1n) is 10.5. The number of esters is 1. The molecule has 1 aliphatic heterocycles. The van der Waals surface area contributed by atoms with Gasteiger partial charge in [0.25, 0.3) is 5.91 Å². The third-order valence-electron chi connectivity index (χ3n) is 5.80. The number of halogens is 3. The van der Waals surface area contributed by atoms with Gasteiger partial charge in [0.05, 0.1) is 11.5 Å². The molecule has 1 aromatic rings. The lowest BCUT2D eigenvalue weighted by atomic mass is 9.89. The lowest BCUT2D eigenvalue weighted by molar-refractivity contribution is -0.152. The summed E-state index contributed by atoms with van der Waals surface area (Å²) in [5, 5.41) is 2.81. The van der Waals surface area contributed by atoms with Crippen molar-refractivity contribution >= 4 is 17.7 Å². The third-order valence-corrected chi connectivity index (χ3v) is 5.80. The fourth-order valence-corrected chi connectivity index (χ4v) is 4.19. The minimum Gasteiger partial charge on any atom is -0.455 e. The monoisotopic (exact) mass is 427 g/mol. The lowest BCUT2D eigenvalue weighted by Crippen LogP contribution is -2.41. The lowest BCUT2D eigenvalue weighted by Gasteiger charge is -2.33. The van der Waals surface area contributed by atoms with Gasteiger partial charge in [-0.15, -0.1) is 0 Å². The number of amides is 1. The largest absolute Gasteiger partial charge is 0.455 e. The van der Waals surface area contributed by atoms with Crippen LogP contribution in [0.25, 0.3) is 0 Å². The highest BCUT2D eigenvalue weighted by atomic mass is 19.4. The van der Waals surface area contributed by atoms with E-state index in [1.165, 1.54) is 36.4 Å². The van der Waals surface area contributed by atoms with E-state index >= 15 is 0 Å². The van der Waals surface area contributed by atoms with Crippen LogP contribution in [0.1, 0.15) is 50.5 Å². The maximum atomic E-state index is 13.3. The number of carbonyl (C=O) groups is 2. The summed E-state index contributed by atoms with van der Waals surface area (Å²) in [7, 11) is 0. The van der Waals surface area contributed by atoms with Crippen LogP contribution >= 0.6 is 0 Å². The fourth-order valence-electron chi connectivity index (χ4n) is 4.19. The standard InChI is InChI=1S/C21H28F3N3O3/c22-21(23,24)17-9-4-10-25-19(17)27-11-5-8-16(13-27)20(29)30-14-18(28)26-12-15-6-2-1-3-7-15/h4,9-10,15-16H,1-3,5-8,11-14H2,(H,26,28). The zero-order valence-corrected chi connectivity index (χ0v) is 16.9. The molecule has 1 amide bonds. The van der Waals surface area contributed by atoms with Crippen LogP contribution in [0.15, 0.2) is 18.3 Å². The Morgan fingerprint density at radius 2 is 1.93 bits per heavy atom. The van der Waals surface area contributed by atoms with Crippen molar-refractivity contribution in [2.45, 2.75) is 51.1 Å². The van der Waals surface area contributed by atoms with Gasteiger partial charge in [0.2, 0.25) is 0 Å². The first kappa shape index (κ1) is 22.4. The molecule has 2 fully saturated rings. The topological polar surface area (TPSA) is 71.5 Å². The molecule has 2 heterocycles. The summed E-state index contributed by atoms with van der Waals surface area (Å²) in [5.74, 6) is -1.19. The first-order chi connectivity index (χ1) is 14.3. The Morgan fingerprint density at radius 1 is 1.17 bits per heavy atom. The number of hydrogen-bond donors (Lipinski definition) is 1. The van der Waals surface area contributed by atoms with E-state index in [0.29, 0.717) is 31.8 Å². The van der Waals surface area contributed by atoms with Crippen LogP contribution in [-0.2, 0) is 20.5 Å².